The predicted molar refractivity (Wildman–Crippen MR) is 134 cm³/mol. The SMILES string of the molecule is C=CC(=O)N1CC2(CCN(c3nc4c(c(-c5c(C)ccc6cc(O)ccc56)n3)CCCC4)C2)C1. The minimum absolute atomic E-state index is 0.0221. The smallest absolute Gasteiger partial charge is 0.245 e. The quantitative estimate of drug-likeness (QED) is 0.594. The number of hydrogen-bond donors (Lipinski definition) is 1. The van der Waals surface area contributed by atoms with Gasteiger partial charge in [-0.1, -0.05) is 24.8 Å². The molecule has 2 fully saturated rings. The molecular formula is C28H30N4O2. The number of fused-ring (bicyclic) bond motifs is 2. The highest BCUT2D eigenvalue weighted by Gasteiger charge is 2.49. The molecule has 174 valence electrons. The summed E-state index contributed by atoms with van der Waals surface area (Å²) in [6, 6.07) is 9.79. The van der Waals surface area contributed by atoms with Crippen molar-refractivity contribution >= 4 is 22.6 Å². The summed E-state index contributed by atoms with van der Waals surface area (Å²) in [6.45, 7) is 9.14. The monoisotopic (exact) mass is 454 g/mol. The molecular weight excluding hydrogens is 424 g/mol. The van der Waals surface area contributed by atoms with E-state index in [2.05, 4.69) is 30.5 Å². The lowest BCUT2D eigenvalue weighted by Gasteiger charge is -2.47. The average molecular weight is 455 g/mol. The fraction of sp³-hybridized carbons (Fsp3) is 0.393. The summed E-state index contributed by atoms with van der Waals surface area (Å²) in [4.78, 5) is 26.5. The first-order chi connectivity index (χ1) is 16.5. The Kier molecular flexibility index (Phi) is 4.87. The van der Waals surface area contributed by atoms with Crippen molar-refractivity contribution in [2.75, 3.05) is 31.1 Å². The minimum Gasteiger partial charge on any atom is -0.508 e. The van der Waals surface area contributed by atoms with Gasteiger partial charge in [0.15, 0.2) is 0 Å². The number of anilines is 1. The van der Waals surface area contributed by atoms with Gasteiger partial charge >= 0.3 is 0 Å². The number of aryl methyl sites for hydroxylation is 2. The van der Waals surface area contributed by atoms with E-state index in [4.69, 9.17) is 9.97 Å². The fourth-order valence-corrected chi connectivity index (χ4v) is 6.08. The second kappa shape index (κ2) is 7.83. The molecule has 6 rings (SSSR count). The van der Waals surface area contributed by atoms with Gasteiger partial charge in [0.05, 0.1) is 5.69 Å². The third-order valence-corrected chi connectivity index (χ3v) is 7.88. The Morgan fingerprint density at radius 2 is 1.94 bits per heavy atom. The molecule has 1 amide bonds. The summed E-state index contributed by atoms with van der Waals surface area (Å²) in [5.41, 5.74) is 5.99. The molecule has 3 heterocycles. The van der Waals surface area contributed by atoms with Crippen LogP contribution >= 0.6 is 0 Å². The Morgan fingerprint density at radius 3 is 2.76 bits per heavy atom. The van der Waals surface area contributed by atoms with Crippen molar-refractivity contribution in [3.8, 4) is 17.0 Å². The lowest BCUT2D eigenvalue weighted by Crippen LogP contribution is -2.59. The summed E-state index contributed by atoms with van der Waals surface area (Å²) < 4.78 is 0. The Bertz CT molecular complexity index is 1330. The van der Waals surface area contributed by atoms with Crippen LogP contribution in [0.15, 0.2) is 43.0 Å². The summed E-state index contributed by atoms with van der Waals surface area (Å²) in [5, 5.41) is 12.2. The Labute approximate surface area is 199 Å². The molecule has 2 aliphatic heterocycles. The van der Waals surface area contributed by atoms with E-state index in [0.717, 1.165) is 86.3 Å². The number of phenolic OH excluding ortho intramolecular Hbond substituents is 1. The van der Waals surface area contributed by atoms with Crippen molar-refractivity contribution in [1.82, 2.24) is 14.9 Å². The molecule has 1 aromatic heterocycles. The van der Waals surface area contributed by atoms with Crippen molar-refractivity contribution in [3.05, 3.63) is 59.8 Å². The van der Waals surface area contributed by atoms with Crippen LogP contribution in [0.4, 0.5) is 5.95 Å². The van der Waals surface area contributed by atoms with Crippen LogP contribution < -0.4 is 4.90 Å². The molecule has 0 bridgehead atoms. The Morgan fingerprint density at radius 1 is 1.12 bits per heavy atom. The van der Waals surface area contributed by atoms with Crippen molar-refractivity contribution in [1.29, 1.82) is 0 Å². The lowest BCUT2D eigenvalue weighted by atomic mass is 9.79. The lowest BCUT2D eigenvalue weighted by molar-refractivity contribution is -0.136. The number of carbonyl (C=O) groups excluding carboxylic acids is 1. The van der Waals surface area contributed by atoms with E-state index in [9.17, 15) is 9.90 Å². The number of rotatable bonds is 3. The van der Waals surface area contributed by atoms with E-state index in [1.54, 1.807) is 6.07 Å². The van der Waals surface area contributed by atoms with E-state index >= 15 is 0 Å². The van der Waals surface area contributed by atoms with Crippen LogP contribution in [-0.2, 0) is 17.6 Å². The van der Waals surface area contributed by atoms with Gasteiger partial charge in [0.25, 0.3) is 0 Å². The van der Waals surface area contributed by atoms with Gasteiger partial charge in [-0.2, -0.15) is 0 Å². The molecule has 3 aromatic rings. The number of likely N-dealkylation sites (tertiary alicyclic amines) is 1. The third-order valence-electron chi connectivity index (χ3n) is 7.88. The average Bonchev–Trinajstić information content (AvgIpc) is 3.28. The maximum absolute atomic E-state index is 12.0. The largest absolute Gasteiger partial charge is 0.508 e. The van der Waals surface area contributed by atoms with Crippen molar-refractivity contribution in [3.63, 3.8) is 0 Å². The highest BCUT2D eigenvalue weighted by atomic mass is 16.3. The molecule has 0 atom stereocenters. The van der Waals surface area contributed by atoms with Crippen LogP contribution in [0.5, 0.6) is 5.75 Å². The first-order valence-corrected chi connectivity index (χ1v) is 12.3. The zero-order chi connectivity index (χ0) is 23.4. The van der Waals surface area contributed by atoms with Gasteiger partial charge in [-0.25, -0.2) is 9.97 Å². The molecule has 6 nitrogen and oxygen atoms in total. The number of phenols is 1. The number of aromatic hydroxyl groups is 1. The molecule has 0 unspecified atom stereocenters. The topological polar surface area (TPSA) is 69.6 Å². The molecule has 0 radical (unpaired) electrons. The van der Waals surface area contributed by atoms with Gasteiger partial charge in [0, 0.05) is 48.4 Å². The number of carbonyl (C=O) groups is 1. The Balaban J connectivity index is 1.41. The molecule has 1 spiro atoms. The van der Waals surface area contributed by atoms with E-state index in [1.165, 1.54) is 22.9 Å². The molecule has 2 aromatic carbocycles. The standard InChI is InChI=1S/C28H30N4O2/c1-3-24(34)32-16-28(17-32)12-13-31(15-28)27-29-23-7-5-4-6-22(23)26(30-27)25-18(2)8-9-19-14-20(33)10-11-21(19)25/h3,8-11,14,33H,1,4-7,12-13,15-17H2,2H3. The van der Waals surface area contributed by atoms with Gasteiger partial charge in [-0.15, -0.1) is 0 Å². The number of nitrogens with zero attached hydrogens (tertiary/aromatic N) is 4. The van der Waals surface area contributed by atoms with Crippen LogP contribution in [0.3, 0.4) is 0 Å². The first-order valence-electron chi connectivity index (χ1n) is 12.3. The van der Waals surface area contributed by atoms with Gasteiger partial charge in [-0.05, 0) is 73.6 Å². The van der Waals surface area contributed by atoms with Crippen molar-refractivity contribution < 1.29 is 9.90 Å². The van der Waals surface area contributed by atoms with Gasteiger partial charge in [-0.3, -0.25) is 4.79 Å². The molecule has 1 aliphatic carbocycles. The van der Waals surface area contributed by atoms with E-state index < -0.39 is 0 Å². The van der Waals surface area contributed by atoms with Crippen molar-refractivity contribution in [2.24, 2.45) is 5.41 Å². The molecule has 2 saturated heterocycles. The summed E-state index contributed by atoms with van der Waals surface area (Å²) >= 11 is 0. The van der Waals surface area contributed by atoms with Crippen LogP contribution in [0.2, 0.25) is 0 Å². The number of benzene rings is 2. The number of hydrogen-bond acceptors (Lipinski definition) is 5. The summed E-state index contributed by atoms with van der Waals surface area (Å²) in [6.07, 6.45) is 6.77. The van der Waals surface area contributed by atoms with E-state index in [1.807, 2.05) is 17.0 Å². The van der Waals surface area contributed by atoms with Crippen LogP contribution in [0.1, 0.15) is 36.1 Å². The van der Waals surface area contributed by atoms with E-state index in [0.29, 0.717) is 0 Å². The van der Waals surface area contributed by atoms with Crippen LogP contribution in [0.25, 0.3) is 22.0 Å². The zero-order valence-corrected chi connectivity index (χ0v) is 19.7. The molecule has 1 N–H and O–H groups in total. The molecule has 3 aliphatic rings. The van der Waals surface area contributed by atoms with E-state index in [-0.39, 0.29) is 17.1 Å². The normalized spacial score (nSPS) is 18.7. The maximum atomic E-state index is 12.0. The highest BCUT2D eigenvalue weighted by Crippen LogP contribution is 2.42. The molecule has 0 saturated carbocycles. The molecule has 34 heavy (non-hydrogen) atoms. The van der Waals surface area contributed by atoms with Gasteiger partial charge in [0.2, 0.25) is 11.9 Å². The predicted octanol–water partition coefficient (Wildman–Crippen LogP) is 4.41. The fourth-order valence-electron chi connectivity index (χ4n) is 6.08. The van der Waals surface area contributed by atoms with Gasteiger partial charge < -0.3 is 14.9 Å². The van der Waals surface area contributed by atoms with Gasteiger partial charge in [0.1, 0.15) is 5.75 Å². The number of amides is 1. The summed E-state index contributed by atoms with van der Waals surface area (Å²) in [5.74, 6) is 1.12. The minimum atomic E-state index is 0.0221. The van der Waals surface area contributed by atoms with Crippen molar-refractivity contribution in [2.45, 2.75) is 39.0 Å². The Hall–Kier alpha value is -3.41. The second-order valence-electron chi connectivity index (χ2n) is 10.2. The first kappa shape index (κ1) is 21.1. The maximum Gasteiger partial charge on any atom is 0.245 e. The second-order valence-corrected chi connectivity index (χ2v) is 10.2. The summed E-state index contributed by atoms with van der Waals surface area (Å²) in [7, 11) is 0. The highest BCUT2D eigenvalue weighted by molar-refractivity contribution is 5.99. The van der Waals surface area contributed by atoms with Crippen LogP contribution in [-0.4, -0.2) is 52.1 Å². The van der Waals surface area contributed by atoms with Crippen LogP contribution in [0, 0.1) is 12.3 Å². The molecule has 6 heteroatoms. The third kappa shape index (κ3) is 3.35. The zero-order valence-electron chi connectivity index (χ0n) is 19.7. The number of aromatic nitrogens is 2.